The first kappa shape index (κ1) is 18.7. The van der Waals surface area contributed by atoms with E-state index in [1.54, 1.807) is 0 Å². The van der Waals surface area contributed by atoms with Crippen molar-refractivity contribution in [3.05, 3.63) is 0 Å². The van der Waals surface area contributed by atoms with Crippen LogP contribution in [-0.2, 0) is 9.63 Å². The lowest BCUT2D eigenvalue weighted by Crippen LogP contribution is -2.53. The molecule has 0 radical (unpaired) electrons. The molecule has 0 aromatic carbocycles. The van der Waals surface area contributed by atoms with E-state index in [1.165, 1.54) is 9.80 Å². The van der Waals surface area contributed by atoms with Crippen LogP contribution >= 0.6 is 0 Å². The van der Waals surface area contributed by atoms with Crippen LogP contribution in [0.1, 0.15) is 40.0 Å². The minimum atomic E-state index is -1.01. The molecule has 3 aliphatic heterocycles. The highest BCUT2D eigenvalue weighted by Crippen LogP contribution is 2.34. The average Bonchev–Trinajstić information content (AvgIpc) is 3.09. The molecule has 10 heteroatoms. The fraction of sp³-hybridized carbons (Fsp3) is 0.812. The summed E-state index contributed by atoms with van der Waals surface area (Å²) in [4.78, 5) is 44.2. The summed E-state index contributed by atoms with van der Waals surface area (Å²) in [6.07, 6.45) is -0.00937. The van der Waals surface area contributed by atoms with Crippen molar-refractivity contribution in [2.45, 2.75) is 64.3 Å². The van der Waals surface area contributed by atoms with Crippen LogP contribution in [0.15, 0.2) is 0 Å². The minimum absolute atomic E-state index is 0.267. The molecule has 4 amide bonds. The zero-order valence-corrected chi connectivity index (χ0v) is 15.2. The number of hydrogen-bond acceptors (Lipinski definition) is 5. The Labute approximate surface area is 151 Å². The molecule has 3 saturated heterocycles. The van der Waals surface area contributed by atoms with Crippen LogP contribution in [0.3, 0.4) is 0 Å². The van der Waals surface area contributed by atoms with Gasteiger partial charge in [-0.15, -0.1) is 0 Å². The molecule has 2 bridgehead atoms. The van der Waals surface area contributed by atoms with Gasteiger partial charge in [-0.3, -0.25) is 14.8 Å². The number of urea groups is 1. The van der Waals surface area contributed by atoms with E-state index in [1.807, 2.05) is 20.8 Å². The SMILES string of the molecule is CC(C)(C)C1[C@H](ONC(=O)[C@@H]2CC[C@@H]3CN2C(=O)N3O)CCN1C(=O)O. The number of carbonyl (C=O) groups is 3. The predicted molar refractivity (Wildman–Crippen MR) is 88.1 cm³/mol. The van der Waals surface area contributed by atoms with Gasteiger partial charge in [0.05, 0.1) is 12.1 Å². The second-order valence-electron chi connectivity index (χ2n) is 8.22. The number of carboxylic acid groups (broad SMARTS) is 1. The summed E-state index contributed by atoms with van der Waals surface area (Å²) in [5.74, 6) is -0.450. The number of hydroxylamine groups is 3. The molecule has 1 unspecified atom stereocenters. The van der Waals surface area contributed by atoms with Gasteiger partial charge in [-0.25, -0.2) is 20.1 Å². The van der Waals surface area contributed by atoms with Gasteiger partial charge in [0.15, 0.2) is 0 Å². The van der Waals surface area contributed by atoms with Gasteiger partial charge in [0.25, 0.3) is 5.91 Å². The molecule has 4 atom stereocenters. The first-order chi connectivity index (χ1) is 12.1. The van der Waals surface area contributed by atoms with E-state index in [4.69, 9.17) is 4.84 Å². The second kappa shape index (κ2) is 6.58. The van der Waals surface area contributed by atoms with E-state index in [0.29, 0.717) is 37.4 Å². The number of amides is 4. The Morgan fingerprint density at radius 3 is 2.54 bits per heavy atom. The number of nitrogens with zero attached hydrogens (tertiary/aromatic N) is 3. The monoisotopic (exact) mass is 370 g/mol. The molecule has 0 aromatic rings. The molecule has 0 saturated carbocycles. The molecule has 26 heavy (non-hydrogen) atoms. The summed E-state index contributed by atoms with van der Waals surface area (Å²) in [5, 5.41) is 19.8. The largest absolute Gasteiger partial charge is 0.465 e. The highest BCUT2D eigenvalue weighted by atomic mass is 16.7. The van der Waals surface area contributed by atoms with Crippen LogP contribution in [0.4, 0.5) is 9.59 Å². The molecule has 0 aromatic heterocycles. The van der Waals surface area contributed by atoms with Crippen LogP contribution in [0.5, 0.6) is 0 Å². The van der Waals surface area contributed by atoms with Gasteiger partial charge in [-0.1, -0.05) is 20.8 Å². The van der Waals surface area contributed by atoms with Crippen LogP contribution < -0.4 is 5.48 Å². The molecule has 146 valence electrons. The summed E-state index contributed by atoms with van der Waals surface area (Å²) in [6.45, 7) is 6.44. The van der Waals surface area contributed by atoms with Crippen molar-refractivity contribution in [2.75, 3.05) is 13.1 Å². The molecule has 3 heterocycles. The fourth-order valence-corrected chi connectivity index (χ4v) is 4.25. The second-order valence-corrected chi connectivity index (χ2v) is 8.22. The topological polar surface area (TPSA) is 123 Å². The molecular formula is C16H26N4O6. The number of carbonyl (C=O) groups excluding carboxylic acids is 2. The molecule has 0 aliphatic carbocycles. The molecule has 3 fully saturated rings. The molecule has 3 rings (SSSR count). The van der Waals surface area contributed by atoms with Gasteiger partial charge in [-0.2, -0.15) is 0 Å². The van der Waals surface area contributed by atoms with Gasteiger partial charge in [0, 0.05) is 13.1 Å². The Morgan fingerprint density at radius 1 is 1.23 bits per heavy atom. The van der Waals surface area contributed by atoms with Crippen molar-refractivity contribution in [3.63, 3.8) is 0 Å². The first-order valence-electron chi connectivity index (χ1n) is 8.85. The van der Waals surface area contributed by atoms with E-state index in [9.17, 15) is 24.7 Å². The van der Waals surface area contributed by atoms with Crippen molar-refractivity contribution in [1.82, 2.24) is 20.3 Å². The average molecular weight is 370 g/mol. The van der Waals surface area contributed by atoms with Gasteiger partial charge in [-0.05, 0) is 24.7 Å². The normalized spacial score (nSPS) is 31.5. The first-order valence-corrected chi connectivity index (χ1v) is 8.85. The summed E-state index contributed by atoms with van der Waals surface area (Å²) >= 11 is 0. The van der Waals surface area contributed by atoms with Crippen LogP contribution in [-0.4, -0.2) is 80.5 Å². The molecule has 0 spiro atoms. The molecule has 10 nitrogen and oxygen atoms in total. The number of piperidine rings is 1. The quantitative estimate of drug-likeness (QED) is 0.500. The standard InChI is InChI=1S/C16H26N4O6/c1-16(2,3)12-11(6-7-18(12)15(23)24)26-17-13(21)10-5-4-9-8-19(10)14(22)20(9)25/h9-12,25H,4-8H2,1-3H3,(H,17,21)(H,23,24)/t9-,10+,11-,12?/m1/s1. The maximum absolute atomic E-state index is 12.5. The Hall–Kier alpha value is -2.07. The zero-order chi connectivity index (χ0) is 19.2. The summed E-state index contributed by atoms with van der Waals surface area (Å²) in [6, 6.07) is -1.92. The van der Waals surface area contributed by atoms with Gasteiger partial charge in [0.2, 0.25) is 0 Å². The van der Waals surface area contributed by atoms with Crippen molar-refractivity contribution in [1.29, 1.82) is 0 Å². The van der Waals surface area contributed by atoms with E-state index in [-0.39, 0.29) is 11.5 Å². The molecule has 3 aliphatic rings. The Balaban J connectivity index is 1.62. The van der Waals surface area contributed by atoms with Crippen LogP contribution in [0, 0.1) is 5.41 Å². The molecule has 3 N–H and O–H groups in total. The van der Waals surface area contributed by atoms with Crippen LogP contribution in [0.25, 0.3) is 0 Å². The number of fused-ring (bicyclic) bond motifs is 2. The third-order valence-corrected chi connectivity index (χ3v) is 5.43. The fourth-order valence-electron chi connectivity index (χ4n) is 4.25. The molecular weight excluding hydrogens is 344 g/mol. The third kappa shape index (κ3) is 3.18. The summed E-state index contributed by atoms with van der Waals surface area (Å²) < 4.78 is 0. The van der Waals surface area contributed by atoms with Crippen LogP contribution in [0.2, 0.25) is 0 Å². The van der Waals surface area contributed by atoms with E-state index < -0.39 is 36.2 Å². The summed E-state index contributed by atoms with van der Waals surface area (Å²) in [5.41, 5.74) is 2.07. The van der Waals surface area contributed by atoms with Crippen molar-refractivity contribution in [2.24, 2.45) is 5.41 Å². The lowest BCUT2D eigenvalue weighted by atomic mass is 9.84. The van der Waals surface area contributed by atoms with Gasteiger partial charge in [0.1, 0.15) is 12.1 Å². The summed E-state index contributed by atoms with van der Waals surface area (Å²) in [7, 11) is 0. The van der Waals surface area contributed by atoms with E-state index in [2.05, 4.69) is 5.48 Å². The van der Waals surface area contributed by atoms with Crippen molar-refractivity contribution >= 4 is 18.0 Å². The van der Waals surface area contributed by atoms with E-state index in [0.717, 1.165) is 0 Å². The number of hydrogen-bond donors (Lipinski definition) is 3. The number of nitrogens with one attached hydrogen (secondary N) is 1. The van der Waals surface area contributed by atoms with Crippen molar-refractivity contribution < 1.29 is 29.5 Å². The minimum Gasteiger partial charge on any atom is -0.465 e. The smallest absolute Gasteiger partial charge is 0.407 e. The maximum Gasteiger partial charge on any atom is 0.407 e. The Kier molecular flexibility index (Phi) is 4.74. The highest BCUT2D eigenvalue weighted by molar-refractivity contribution is 5.87. The highest BCUT2D eigenvalue weighted by Gasteiger charge is 2.48. The third-order valence-electron chi connectivity index (χ3n) is 5.43. The lowest BCUT2D eigenvalue weighted by Gasteiger charge is -2.36. The van der Waals surface area contributed by atoms with Crippen molar-refractivity contribution in [3.8, 4) is 0 Å². The maximum atomic E-state index is 12.5. The Morgan fingerprint density at radius 2 is 1.92 bits per heavy atom. The predicted octanol–water partition coefficient (Wildman–Crippen LogP) is 0.859. The van der Waals surface area contributed by atoms with Gasteiger partial charge < -0.3 is 14.9 Å². The lowest BCUT2D eigenvalue weighted by molar-refractivity contribution is -0.146. The Bertz CT molecular complexity index is 606. The zero-order valence-electron chi connectivity index (χ0n) is 15.2. The van der Waals surface area contributed by atoms with Gasteiger partial charge >= 0.3 is 12.1 Å². The number of likely N-dealkylation sites (tertiary alicyclic amines) is 1. The number of rotatable bonds is 3. The van der Waals surface area contributed by atoms with E-state index >= 15 is 0 Å².